The molecule has 2 saturated carbocycles. The van der Waals surface area contributed by atoms with Crippen molar-refractivity contribution >= 4 is 23.5 Å². The molecule has 2 bridgehead atoms. The smallest absolute Gasteiger partial charge is 0.0494 e. The van der Waals surface area contributed by atoms with E-state index in [0.29, 0.717) is 0 Å². The molecule has 82 valence electrons. The highest BCUT2D eigenvalue weighted by Gasteiger charge is 2.38. The molecule has 4 rings (SSSR count). The summed E-state index contributed by atoms with van der Waals surface area (Å²) in [5, 5.41) is 0. The fraction of sp³-hybridized carbons (Fsp3) is 0.429. The zero-order chi connectivity index (χ0) is 10.5. The Bertz CT molecular complexity index is 448. The van der Waals surface area contributed by atoms with Crippen LogP contribution in [0.15, 0.2) is 43.9 Å². The van der Waals surface area contributed by atoms with Crippen LogP contribution in [-0.2, 0) is 0 Å². The second-order valence-corrected chi connectivity index (χ2v) is 7.41. The third kappa shape index (κ3) is 1.39. The van der Waals surface area contributed by atoms with E-state index in [4.69, 9.17) is 0 Å². The molecular formula is C14H14S2. The molecule has 0 aromatic heterocycles. The van der Waals surface area contributed by atoms with Crippen LogP contribution < -0.4 is 0 Å². The summed E-state index contributed by atoms with van der Waals surface area (Å²) in [6, 6.07) is 8.82. The first-order valence-corrected chi connectivity index (χ1v) is 7.71. The molecule has 2 heteroatoms. The standard InChI is InChI=1S/C14H14S2/c1-2-4-13-12(3-1)15-14(16-13)11-8-9-5-6-10(11)7-9/h1-4,9-10H,5-8H2. The monoisotopic (exact) mass is 246 g/mol. The molecule has 0 saturated heterocycles. The number of fused-ring (bicyclic) bond motifs is 3. The first kappa shape index (κ1) is 9.67. The van der Waals surface area contributed by atoms with Crippen LogP contribution in [0.5, 0.6) is 0 Å². The van der Waals surface area contributed by atoms with E-state index < -0.39 is 0 Å². The van der Waals surface area contributed by atoms with Crippen LogP contribution >= 0.6 is 23.5 Å². The summed E-state index contributed by atoms with van der Waals surface area (Å²) in [7, 11) is 0. The molecule has 3 aliphatic rings. The van der Waals surface area contributed by atoms with Gasteiger partial charge in [-0.25, -0.2) is 0 Å². The van der Waals surface area contributed by atoms with Gasteiger partial charge in [0.2, 0.25) is 0 Å². The van der Waals surface area contributed by atoms with Crippen LogP contribution in [0.3, 0.4) is 0 Å². The Hall–Kier alpha value is -0.340. The molecule has 0 amide bonds. The largest absolute Gasteiger partial charge is 0.0816 e. The highest BCUT2D eigenvalue weighted by molar-refractivity contribution is 8.24. The number of rotatable bonds is 0. The van der Waals surface area contributed by atoms with Gasteiger partial charge < -0.3 is 0 Å². The Labute approximate surface area is 105 Å². The van der Waals surface area contributed by atoms with Gasteiger partial charge >= 0.3 is 0 Å². The van der Waals surface area contributed by atoms with Crippen LogP contribution in [0.4, 0.5) is 0 Å². The minimum atomic E-state index is 0.939. The zero-order valence-corrected chi connectivity index (χ0v) is 10.7. The number of allylic oxidation sites excluding steroid dienone is 1. The van der Waals surface area contributed by atoms with Crippen LogP contribution in [0.2, 0.25) is 0 Å². The van der Waals surface area contributed by atoms with Crippen molar-refractivity contribution in [3.8, 4) is 0 Å². The third-order valence-electron chi connectivity index (χ3n) is 4.06. The van der Waals surface area contributed by atoms with Crippen LogP contribution in [0, 0.1) is 11.8 Å². The molecule has 1 aromatic carbocycles. The van der Waals surface area contributed by atoms with Gasteiger partial charge in [-0.15, -0.1) is 0 Å². The van der Waals surface area contributed by atoms with Crippen molar-refractivity contribution in [2.75, 3.05) is 0 Å². The van der Waals surface area contributed by atoms with Crippen molar-refractivity contribution in [2.45, 2.75) is 35.5 Å². The maximum absolute atomic E-state index is 2.26. The summed E-state index contributed by atoms with van der Waals surface area (Å²) in [6.45, 7) is 0. The van der Waals surface area contributed by atoms with Gasteiger partial charge in [0.25, 0.3) is 0 Å². The first-order valence-electron chi connectivity index (χ1n) is 6.08. The lowest BCUT2D eigenvalue weighted by molar-refractivity contribution is 0.561. The maximum atomic E-state index is 2.26. The van der Waals surface area contributed by atoms with Gasteiger partial charge in [0.1, 0.15) is 0 Å². The topological polar surface area (TPSA) is 0 Å². The number of thioether (sulfide) groups is 2. The predicted octanol–water partition coefficient (Wildman–Crippen LogP) is 4.92. The van der Waals surface area contributed by atoms with E-state index in [9.17, 15) is 0 Å². The second kappa shape index (κ2) is 3.58. The van der Waals surface area contributed by atoms with Crippen LogP contribution in [0.1, 0.15) is 25.7 Å². The average Bonchev–Trinajstić information content (AvgIpc) is 3.02. The summed E-state index contributed by atoms with van der Waals surface area (Å²) in [4.78, 5) is 2.94. The Balaban J connectivity index is 1.71. The van der Waals surface area contributed by atoms with Gasteiger partial charge in [-0.3, -0.25) is 0 Å². The summed E-state index contributed by atoms with van der Waals surface area (Å²) in [5.41, 5.74) is 1.79. The molecule has 16 heavy (non-hydrogen) atoms. The van der Waals surface area contributed by atoms with Gasteiger partial charge in [-0.2, -0.15) is 0 Å². The molecule has 2 atom stereocenters. The number of hydrogen-bond acceptors (Lipinski definition) is 2. The van der Waals surface area contributed by atoms with Crippen LogP contribution in [0.25, 0.3) is 0 Å². The van der Waals surface area contributed by atoms with Gasteiger partial charge in [0.15, 0.2) is 0 Å². The molecule has 1 heterocycles. The highest BCUT2D eigenvalue weighted by atomic mass is 32.2. The van der Waals surface area contributed by atoms with Gasteiger partial charge in [0, 0.05) is 14.0 Å². The molecule has 2 aliphatic carbocycles. The van der Waals surface area contributed by atoms with E-state index in [1.54, 1.807) is 9.81 Å². The lowest BCUT2D eigenvalue weighted by Crippen LogP contribution is -1.98. The third-order valence-corrected chi connectivity index (χ3v) is 6.74. The number of hydrogen-bond donors (Lipinski definition) is 0. The van der Waals surface area contributed by atoms with Crippen LogP contribution in [-0.4, -0.2) is 0 Å². The lowest BCUT2D eigenvalue weighted by Gasteiger charge is -2.15. The summed E-state index contributed by atoms with van der Waals surface area (Å²) in [6.07, 6.45) is 5.83. The average molecular weight is 246 g/mol. The molecule has 0 N–H and O–H groups in total. The molecule has 1 aliphatic heterocycles. The summed E-state index contributed by atoms with van der Waals surface area (Å²) >= 11 is 4.03. The Morgan fingerprint density at radius 2 is 1.75 bits per heavy atom. The molecule has 0 nitrogen and oxygen atoms in total. The fourth-order valence-corrected chi connectivity index (χ4v) is 6.02. The fourth-order valence-electron chi connectivity index (χ4n) is 3.27. The quantitative estimate of drug-likeness (QED) is 0.637. The van der Waals surface area contributed by atoms with Gasteiger partial charge in [0.05, 0.1) is 0 Å². The molecule has 2 fully saturated rings. The van der Waals surface area contributed by atoms with E-state index in [-0.39, 0.29) is 0 Å². The second-order valence-electron chi connectivity index (χ2n) is 5.04. The highest BCUT2D eigenvalue weighted by Crippen LogP contribution is 2.58. The van der Waals surface area contributed by atoms with Crippen molar-refractivity contribution in [2.24, 2.45) is 11.8 Å². The Morgan fingerprint density at radius 3 is 2.31 bits per heavy atom. The van der Waals surface area contributed by atoms with E-state index in [1.165, 1.54) is 35.5 Å². The minimum absolute atomic E-state index is 0.939. The minimum Gasteiger partial charge on any atom is -0.0816 e. The Morgan fingerprint density at radius 1 is 1.00 bits per heavy atom. The molecule has 1 aromatic rings. The van der Waals surface area contributed by atoms with Crippen molar-refractivity contribution in [3.05, 3.63) is 34.1 Å². The van der Waals surface area contributed by atoms with E-state index in [0.717, 1.165) is 11.8 Å². The Kier molecular flexibility index (Phi) is 2.16. The normalized spacial score (nSPS) is 31.2. The molecule has 0 radical (unpaired) electrons. The van der Waals surface area contributed by atoms with Crippen molar-refractivity contribution in [1.29, 1.82) is 0 Å². The molecular weight excluding hydrogens is 232 g/mol. The SMILES string of the molecule is c1ccc2c(c1)SC(=C1CC3CCC1C3)S2. The first-order chi connectivity index (χ1) is 7.90. The van der Waals surface area contributed by atoms with E-state index in [2.05, 4.69) is 24.3 Å². The number of benzene rings is 1. The van der Waals surface area contributed by atoms with Gasteiger partial charge in [-0.05, 0) is 55.2 Å². The molecule has 2 unspecified atom stereocenters. The maximum Gasteiger partial charge on any atom is 0.0494 e. The zero-order valence-electron chi connectivity index (χ0n) is 9.11. The summed E-state index contributed by atoms with van der Waals surface area (Å²) < 4.78 is 1.62. The lowest BCUT2D eigenvalue weighted by atomic mass is 9.96. The van der Waals surface area contributed by atoms with Crippen molar-refractivity contribution in [1.82, 2.24) is 0 Å². The summed E-state index contributed by atoms with van der Waals surface area (Å²) in [5.74, 6) is 1.96. The van der Waals surface area contributed by atoms with Crippen molar-refractivity contribution in [3.63, 3.8) is 0 Å². The van der Waals surface area contributed by atoms with Crippen molar-refractivity contribution < 1.29 is 0 Å². The predicted molar refractivity (Wildman–Crippen MR) is 70.6 cm³/mol. The van der Waals surface area contributed by atoms with E-state index in [1.807, 2.05) is 23.5 Å². The van der Waals surface area contributed by atoms with E-state index >= 15 is 0 Å². The van der Waals surface area contributed by atoms with Gasteiger partial charge in [-0.1, -0.05) is 35.7 Å². The molecule has 0 spiro atoms.